The molecule has 22 heavy (non-hydrogen) atoms. The summed E-state index contributed by atoms with van der Waals surface area (Å²) >= 11 is 9.68. The highest BCUT2D eigenvalue weighted by Gasteiger charge is 2.33. The first-order valence-corrected chi connectivity index (χ1v) is 8.21. The summed E-state index contributed by atoms with van der Waals surface area (Å²) in [6, 6.07) is 8.04. The quantitative estimate of drug-likeness (QED) is 0.558. The molecule has 1 saturated heterocycles. The van der Waals surface area contributed by atoms with Gasteiger partial charge in [-0.05, 0) is 36.4 Å². The fourth-order valence-electron chi connectivity index (χ4n) is 1.94. The maximum atomic E-state index is 13.8. The predicted molar refractivity (Wildman–Crippen MR) is 94.0 cm³/mol. The molecular weight excluding hydrogens is 387 g/mol. The van der Waals surface area contributed by atoms with Crippen molar-refractivity contribution in [1.29, 1.82) is 0 Å². The van der Waals surface area contributed by atoms with Crippen LogP contribution in [0.25, 0.3) is 6.08 Å². The number of hydrogen-bond donors (Lipinski definition) is 0. The first kappa shape index (κ1) is 15.3. The molecule has 0 aliphatic carbocycles. The highest BCUT2D eigenvalue weighted by Crippen LogP contribution is 2.36. The standard InChI is InChI=1S/C15H8BrFN2OS2/c16-10-3-4-12(17)9(6-10)7-13-14(20)19(15(21)22-13)11-2-1-5-18-8-11/h1-8H/b13-7-. The normalized spacial score (nSPS) is 16.6. The maximum Gasteiger partial charge on any atom is 0.270 e. The number of thiocarbonyl (C=S) groups is 1. The minimum absolute atomic E-state index is 0.276. The Morgan fingerprint density at radius 1 is 1.36 bits per heavy atom. The molecule has 3 nitrogen and oxygen atoms in total. The second-order valence-corrected chi connectivity index (χ2v) is 6.99. The molecule has 1 aliphatic heterocycles. The molecule has 0 radical (unpaired) electrons. The molecule has 0 spiro atoms. The van der Waals surface area contributed by atoms with Crippen LogP contribution in [0.2, 0.25) is 0 Å². The largest absolute Gasteiger partial charge is 0.270 e. The summed E-state index contributed by atoms with van der Waals surface area (Å²) in [6.07, 6.45) is 4.69. The van der Waals surface area contributed by atoms with Crippen LogP contribution in [-0.2, 0) is 4.79 Å². The van der Waals surface area contributed by atoms with E-state index in [4.69, 9.17) is 12.2 Å². The topological polar surface area (TPSA) is 33.2 Å². The molecule has 0 saturated carbocycles. The fourth-order valence-corrected chi connectivity index (χ4v) is 3.61. The third-order valence-corrected chi connectivity index (χ3v) is 4.74. The molecule has 0 atom stereocenters. The Balaban J connectivity index is 1.97. The lowest BCUT2D eigenvalue weighted by Gasteiger charge is -2.13. The number of halogens is 2. The number of nitrogens with zero attached hydrogens (tertiary/aromatic N) is 2. The highest BCUT2D eigenvalue weighted by atomic mass is 79.9. The van der Waals surface area contributed by atoms with E-state index in [9.17, 15) is 9.18 Å². The SMILES string of the molecule is O=C1/C(=C/c2cc(Br)ccc2F)SC(=S)N1c1cccnc1. The lowest BCUT2D eigenvalue weighted by molar-refractivity contribution is -0.113. The van der Waals surface area contributed by atoms with Crippen LogP contribution in [0.15, 0.2) is 52.1 Å². The Morgan fingerprint density at radius 3 is 2.91 bits per heavy atom. The minimum atomic E-state index is -0.394. The van der Waals surface area contributed by atoms with Gasteiger partial charge in [-0.1, -0.05) is 39.9 Å². The Hall–Kier alpha value is -1.57. The van der Waals surface area contributed by atoms with Crippen LogP contribution >= 0.6 is 39.9 Å². The van der Waals surface area contributed by atoms with E-state index in [2.05, 4.69) is 20.9 Å². The van der Waals surface area contributed by atoms with E-state index in [-0.39, 0.29) is 5.91 Å². The van der Waals surface area contributed by atoms with E-state index in [0.29, 0.717) is 20.5 Å². The van der Waals surface area contributed by atoms with E-state index in [1.807, 2.05) is 0 Å². The number of hydrogen-bond acceptors (Lipinski definition) is 4. The van der Waals surface area contributed by atoms with E-state index >= 15 is 0 Å². The molecule has 2 aromatic rings. The van der Waals surface area contributed by atoms with Gasteiger partial charge in [0.25, 0.3) is 5.91 Å². The molecule has 1 aromatic heterocycles. The van der Waals surface area contributed by atoms with Crippen molar-refractivity contribution >= 4 is 61.9 Å². The third-order valence-electron chi connectivity index (χ3n) is 2.94. The molecule has 1 amide bonds. The average molecular weight is 395 g/mol. The van der Waals surface area contributed by atoms with Crippen LogP contribution in [0.5, 0.6) is 0 Å². The number of amides is 1. The zero-order valence-electron chi connectivity index (χ0n) is 11.0. The van der Waals surface area contributed by atoms with Crippen LogP contribution in [-0.4, -0.2) is 15.2 Å². The van der Waals surface area contributed by atoms with E-state index in [1.54, 1.807) is 36.7 Å². The minimum Gasteiger partial charge on any atom is -0.268 e. The molecule has 0 unspecified atom stereocenters. The maximum absolute atomic E-state index is 13.8. The van der Waals surface area contributed by atoms with Gasteiger partial charge in [0.15, 0.2) is 4.32 Å². The van der Waals surface area contributed by atoms with Crippen LogP contribution in [0.1, 0.15) is 5.56 Å². The smallest absolute Gasteiger partial charge is 0.268 e. The van der Waals surface area contributed by atoms with E-state index in [1.165, 1.54) is 17.0 Å². The van der Waals surface area contributed by atoms with Gasteiger partial charge in [0.05, 0.1) is 16.8 Å². The Labute approximate surface area is 144 Å². The predicted octanol–water partition coefficient (Wildman–Crippen LogP) is 4.39. The van der Waals surface area contributed by atoms with Crippen LogP contribution in [0.4, 0.5) is 10.1 Å². The van der Waals surface area contributed by atoms with Crippen molar-refractivity contribution in [3.8, 4) is 0 Å². The number of aromatic nitrogens is 1. The van der Waals surface area contributed by atoms with Gasteiger partial charge in [0.2, 0.25) is 0 Å². The first-order valence-electron chi connectivity index (χ1n) is 6.19. The second-order valence-electron chi connectivity index (χ2n) is 4.39. The van der Waals surface area contributed by atoms with Crippen LogP contribution < -0.4 is 4.90 Å². The van der Waals surface area contributed by atoms with Crippen molar-refractivity contribution in [2.75, 3.05) is 4.90 Å². The Morgan fingerprint density at radius 2 is 2.18 bits per heavy atom. The second kappa shape index (κ2) is 6.28. The van der Waals surface area contributed by atoms with Gasteiger partial charge < -0.3 is 0 Å². The number of pyridine rings is 1. The number of benzene rings is 1. The summed E-state index contributed by atoms with van der Waals surface area (Å²) in [5.74, 6) is -0.669. The number of carbonyl (C=O) groups excluding carboxylic acids is 1. The summed E-state index contributed by atoms with van der Waals surface area (Å²) < 4.78 is 15.0. The lowest BCUT2D eigenvalue weighted by atomic mass is 10.2. The van der Waals surface area contributed by atoms with Crippen LogP contribution in [0.3, 0.4) is 0 Å². The Bertz CT molecular complexity index is 795. The van der Waals surface area contributed by atoms with Crippen molar-refractivity contribution in [3.63, 3.8) is 0 Å². The van der Waals surface area contributed by atoms with Gasteiger partial charge in [-0.2, -0.15) is 0 Å². The Kier molecular flexibility index (Phi) is 4.37. The van der Waals surface area contributed by atoms with E-state index < -0.39 is 5.82 Å². The third kappa shape index (κ3) is 2.97. The first-order chi connectivity index (χ1) is 10.6. The summed E-state index contributed by atoms with van der Waals surface area (Å²) in [7, 11) is 0. The molecule has 2 heterocycles. The summed E-state index contributed by atoms with van der Waals surface area (Å²) in [6.45, 7) is 0. The van der Waals surface area contributed by atoms with E-state index in [0.717, 1.165) is 16.2 Å². The molecule has 1 aliphatic rings. The zero-order valence-corrected chi connectivity index (χ0v) is 14.2. The van der Waals surface area contributed by atoms with Crippen LogP contribution in [0, 0.1) is 5.82 Å². The van der Waals surface area contributed by atoms with Gasteiger partial charge in [0.1, 0.15) is 5.82 Å². The summed E-state index contributed by atoms with van der Waals surface area (Å²) in [5.41, 5.74) is 0.934. The molecule has 3 rings (SSSR count). The lowest BCUT2D eigenvalue weighted by Crippen LogP contribution is -2.27. The summed E-state index contributed by atoms with van der Waals surface area (Å²) in [4.78, 5) is 18.3. The van der Waals surface area contributed by atoms with Gasteiger partial charge >= 0.3 is 0 Å². The van der Waals surface area contributed by atoms with Crippen molar-refractivity contribution in [2.24, 2.45) is 0 Å². The van der Waals surface area contributed by atoms with Crippen molar-refractivity contribution < 1.29 is 9.18 Å². The molecule has 1 aromatic carbocycles. The molecule has 0 N–H and O–H groups in total. The van der Waals surface area contributed by atoms with Gasteiger partial charge in [-0.25, -0.2) is 4.39 Å². The number of carbonyl (C=O) groups is 1. The fraction of sp³-hybridized carbons (Fsp3) is 0. The number of anilines is 1. The molecular formula is C15H8BrFN2OS2. The van der Waals surface area contributed by atoms with Gasteiger partial charge in [-0.15, -0.1) is 0 Å². The van der Waals surface area contributed by atoms with Crippen molar-refractivity contribution in [3.05, 3.63) is 63.5 Å². The van der Waals surface area contributed by atoms with Crippen molar-refractivity contribution in [2.45, 2.75) is 0 Å². The zero-order chi connectivity index (χ0) is 15.7. The average Bonchev–Trinajstić information content (AvgIpc) is 2.78. The van der Waals surface area contributed by atoms with Gasteiger partial charge in [-0.3, -0.25) is 14.7 Å². The molecule has 0 bridgehead atoms. The monoisotopic (exact) mass is 394 g/mol. The number of rotatable bonds is 2. The number of thioether (sulfide) groups is 1. The molecule has 1 fully saturated rings. The molecule has 7 heteroatoms. The summed E-state index contributed by atoms with van der Waals surface area (Å²) in [5, 5.41) is 0. The van der Waals surface area contributed by atoms with Crippen molar-refractivity contribution in [1.82, 2.24) is 4.98 Å². The van der Waals surface area contributed by atoms with Gasteiger partial charge in [0, 0.05) is 16.2 Å². The highest BCUT2D eigenvalue weighted by molar-refractivity contribution is 9.10. The molecule has 110 valence electrons.